The molecule has 1 saturated heterocycles. The first-order valence-corrected chi connectivity index (χ1v) is 6.18. The Labute approximate surface area is 109 Å². The molecule has 0 spiro atoms. The molecule has 3 atom stereocenters. The summed E-state index contributed by atoms with van der Waals surface area (Å²) in [5, 5.41) is 0. The zero-order chi connectivity index (χ0) is 14.0. The molecule has 0 amide bonds. The largest absolute Gasteiger partial charge is 0.416 e. The summed E-state index contributed by atoms with van der Waals surface area (Å²) in [5.41, 5.74) is 2.79. The summed E-state index contributed by atoms with van der Waals surface area (Å²) >= 11 is 0. The Morgan fingerprint density at radius 2 is 1.95 bits per heavy atom. The van der Waals surface area contributed by atoms with Crippen molar-refractivity contribution in [3.63, 3.8) is 0 Å². The molecule has 6 heteroatoms. The molecule has 3 unspecified atom stereocenters. The molecule has 3 N–H and O–H groups in total. The average Bonchev–Trinajstić information content (AvgIpc) is 2.76. The minimum Gasteiger partial charge on any atom is -0.378 e. The van der Waals surface area contributed by atoms with Crippen molar-refractivity contribution in [3.05, 3.63) is 35.4 Å². The Kier molecular flexibility index (Phi) is 4.13. The van der Waals surface area contributed by atoms with E-state index in [-0.39, 0.29) is 18.1 Å². The van der Waals surface area contributed by atoms with Crippen LogP contribution in [0, 0.1) is 5.92 Å². The number of hydrazine groups is 1. The molecule has 0 aliphatic carbocycles. The van der Waals surface area contributed by atoms with Gasteiger partial charge in [0.25, 0.3) is 0 Å². The van der Waals surface area contributed by atoms with Gasteiger partial charge in [0.15, 0.2) is 0 Å². The summed E-state index contributed by atoms with van der Waals surface area (Å²) < 4.78 is 43.0. The Bertz CT molecular complexity index is 419. The molecule has 106 valence electrons. The smallest absolute Gasteiger partial charge is 0.378 e. The van der Waals surface area contributed by atoms with Gasteiger partial charge in [0.1, 0.15) is 0 Å². The molecule has 0 radical (unpaired) electrons. The van der Waals surface area contributed by atoms with Crippen molar-refractivity contribution in [3.8, 4) is 0 Å². The third-order valence-electron chi connectivity index (χ3n) is 3.64. The lowest BCUT2D eigenvalue weighted by Gasteiger charge is -2.25. The topological polar surface area (TPSA) is 47.3 Å². The normalized spacial score (nSPS) is 25.5. The first kappa shape index (κ1) is 14.3. The molecular formula is C13H17F3N2O. The minimum atomic E-state index is -4.31. The van der Waals surface area contributed by atoms with Crippen LogP contribution in [0.2, 0.25) is 0 Å². The Hall–Kier alpha value is -1.11. The van der Waals surface area contributed by atoms with Crippen molar-refractivity contribution < 1.29 is 17.9 Å². The highest BCUT2D eigenvalue weighted by molar-refractivity contribution is 5.27. The molecule has 19 heavy (non-hydrogen) atoms. The van der Waals surface area contributed by atoms with Gasteiger partial charge in [-0.3, -0.25) is 11.3 Å². The van der Waals surface area contributed by atoms with Gasteiger partial charge in [-0.25, -0.2) is 0 Å². The van der Waals surface area contributed by atoms with Gasteiger partial charge in [-0.05, 0) is 31.0 Å². The van der Waals surface area contributed by atoms with Crippen LogP contribution < -0.4 is 11.3 Å². The van der Waals surface area contributed by atoms with Crippen LogP contribution in [0.1, 0.15) is 30.5 Å². The van der Waals surface area contributed by atoms with E-state index < -0.39 is 11.7 Å². The predicted molar refractivity (Wildman–Crippen MR) is 65.0 cm³/mol. The van der Waals surface area contributed by atoms with E-state index in [1.54, 1.807) is 0 Å². The summed E-state index contributed by atoms with van der Waals surface area (Å²) in [4.78, 5) is 0. The first-order valence-electron chi connectivity index (χ1n) is 6.18. The van der Waals surface area contributed by atoms with Crippen molar-refractivity contribution in [2.75, 3.05) is 6.61 Å². The molecule has 1 heterocycles. The van der Waals surface area contributed by atoms with E-state index in [4.69, 9.17) is 10.6 Å². The van der Waals surface area contributed by atoms with Crippen LogP contribution in [-0.2, 0) is 10.9 Å². The fourth-order valence-corrected chi connectivity index (χ4v) is 2.53. The Balaban J connectivity index is 2.19. The van der Waals surface area contributed by atoms with E-state index in [0.29, 0.717) is 6.61 Å². The maximum Gasteiger partial charge on any atom is 0.416 e. The molecule has 2 rings (SSSR count). The highest BCUT2D eigenvalue weighted by atomic mass is 19.4. The number of alkyl halides is 3. The lowest BCUT2D eigenvalue weighted by molar-refractivity contribution is -0.137. The summed E-state index contributed by atoms with van der Waals surface area (Å²) in [6.07, 6.45) is -3.42. The van der Waals surface area contributed by atoms with E-state index in [1.165, 1.54) is 12.1 Å². The van der Waals surface area contributed by atoms with E-state index in [0.717, 1.165) is 24.1 Å². The fourth-order valence-electron chi connectivity index (χ4n) is 2.53. The standard InChI is InChI=1S/C13H17F3N2O/c1-8-11(6-7-19-8)12(18-17)9-2-4-10(5-3-9)13(14,15)16/h2-5,8,11-12,18H,6-7,17H2,1H3. The van der Waals surface area contributed by atoms with E-state index in [9.17, 15) is 13.2 Å². The molecule has 1 aromatic carbocycles. The quantitative estimate of drug-likeness (QED) is 0.658. The molecule has 1 aromatic rings. The third-order valence-corrected chi connectivity index (χ3v) is 3.64. The summed E-state index contributed by atoms with van der Waals surface area (Å²) in [6, 6.07) is 4.91. The zero-order valence-corrected chi connectivity index (χ0v) is 10.6. The van der Waals surface area contributed by atoms with Crippen LogP contribution in [0.25, 0.3) is 0 Å². The predicted octanol–water partition coefficient (Wildman–Crippen LogP) is 2.63. The lowest BCUT2D eigenvalue weighted by atomic mass is 9.88. The van der Waals surface area contributed by atoms with Crippen molar-refractivity contribution >= 4 is 0 Å². The highest BCUT2D eigenvalue weighted by Crippen LogP contribution is 2.34. The minimum absolute atomic E-state index is 0.0448. The van der Waals surface area contributed by atoms with Gasteiger partial charge in [-0.1, -0.05) is 12.1 Å². The van der Waals surface area contributed by atoms with E-state index in [1.807, 2.05) is 6.92 Å². The van der Waals surface area contributed by atoms with Crippen molar-refractivity contribution in [2.45, 2.75) is 31.7 Å². The molecular weight excluding hydrogens is 257 g/mol. The SMILES string of the molecule is CC1OCCC1C(NN)c1ccc(C(F)(F)F)cc1. The fraction of sp³-hybridized carbons (Fsp3) is 0.538. The zero-order valence-electron chi connectivity index (χ0n) is 10.6. The molecule has 1 aliphatic rings. The van der Waals surface area contributed by atoms with Gasteiger partial charge in [-0.2, -0.15) is 13.2 Å². The maximum atomic E-state index is 12.5. The number of hydrogen-bond donors (Lipinski definition) is 2. The number of nitrogens with two attached hydrogens (primary N) is 1. The summed E-state index contributed by atoms with van der Waals surface area (Å²) in [7, 11) is 0. The molecule has 0 saturated carbocycles. The van der Waals surface area contributed by atoms with Gasteiger partial charge >= 0.3 is 6.18 Å². The molecule has 1 aliphatic heterocycles. The van der Waals surface area contributed by atoms with Crippen LogP contribution in [0.15, 0.2) is 24.3 Å². The van der Waals surface area contributed by atoms with Gasteiger partial charge in [0, 0.05) is 12.5 Å². The Morgan fingerprint density at radius 1 is 1.32 bits per heavy atom. The number of benzene rings is 1. The maximum absolute atomic E-state index is 12.5. The molecule has 1 fully saturated rings. The number of hydrogen-bond acceptors (Lipinski definition) is 3. The van der Waals surface area contributed by atoms with E-state index >= 15 is 0 Å². The Morgan fingerprint density at radius 3 is 2.37 bits per heavy atom. The van der Waals surface area contributed by atoms with Crippen molar-refractivity contribution in [1.29, 1.82) is 0 Å². The molecule has 3 nitrogen and oxygen atoms in total. The highest BCUT2D eigenvalue weighted by Gasteiger charge is 2.34. The second kappa shape index (κ2) is 5.48. The molecule has 0 bridgehead atoms. The van der Waals surface area contributed by atoms with Crippen molar-refractivity contribution in [2.24, 2.45) is 11.8 Å². The summed E-state index contributed by atoms with van der Waals surface area (Å²) in [6.45, 7) is 2.61. The van der Waals surface area contributed by atoms with Gasteiger partial charge in [-0.15, -0.1) is 0 Å². The van der Waals surface area contributed by atoms with Gasteiger partial charge < -0.3 is 4.74 Å². The van der Waals surface area contributed by atoms with Crippen LogP contribution in [0.4, 0.5) is 13.2 Å². The van der Waals surface area contributed by atoms with Crippen LogP contribution >= 0.6 is 0 Å². The number of nitrogens with one attached hydrogen (secondary N) is 1. The van der Waals surface area contributed by atoms with Gasteiger partial charge in [0.05, 0.1) is 17.7 Å². The average molecular weight is 274 g/mol. The second-order valence-electron chi connectivity index (χ2n) is 4.79. The molecule has 0 aromatic heterocycles. The number of rotatable bonds is 3. The third kappa shape index (κ3) is 3.08. The first-order chi connectivity index (χ1) is 8.93. The van der Waals surface area contributed by atoms with Crippen LogP contribution in [0.5, 0.6) is 0 Å². The van der Waals surface area contributed by atoms with E-state index in [2.05, 4.69) is 5.43 Å². The lowest BCUT2D eigenvalue weighted by Crippen LogP contribution is -2.36. The monoisotopic (exact) mass is 274 g/mol. The number of ether oxygens (including phenoxy) is 1. The second-order valence-corrected chi connectivity index (χ2v) is 4.79. The number of halogens is 3. The van der Waals surface area contributed by atoms with Gasteiger partial charge in [0.2, 0.25) is 0 Å². The van der Waals surface area contributed by atoms with Crippen molar-refractivity contribution in [1.82, 2.24) is 5.43 Å². The summed E-state index contributed by atoms with van der Waals surface area (Å²) in [5.74, 6) is 5.71. The van der Waals surface area contributed by atoms with Crippen LogP contribution in [0.3, 0.4) is 0 Å². The van der Waals surface area contributed by atoms with Crippen LogP contribution in [-0.4, -0.2) is 12.7 Å².